The summed E-state index contributed by atoms with van der Waals surface area (Å²) >= 11 is 5.89. The zero-order valence-electron chi connectivity index (χ0n) is 11.2. The molecule has 0 radical (unpaired) electrons. The van der Waals surface area contributed by atoms with Crippen molar-refractivity contribution in [2.24, 2.45) is 0 Å². The fourth-order valence-electron chi connectivity index (χ4n) is 3.51. The Morgan fingerprint density at radius 3 is 2.68 bits per heavy atom. The maximum absolute atomic E-state index is 12.6. The molecule has 2 aliphatic rings. The van der Waals surface area contributed by atoms with Gasteiger partial charge in [0.1, 0.15) is 5.69 Å². The minimum absolute atomic E-state index is 0.0923. The smallest absolute Gasteiger partial charge is 0.270 e. The van der Waals surface area contributed by atoms with Gasteiger partial charge in [0.05, 0.1) is 5.02 Å². The average Bonchev–Trinajstić information content (AvgIpc) is 3.07. The van der Waals surface area contributed by atoms with E-state index in [1.807, 2.05) is 4.90 Å². The molecule has 1 N–H and O–H groups in total. The van der Waals surface area contributed by atoms with E-state index in [2.05, 4.69) is 16.9 Å². The molecule has 3 heterocycles. The van der Waals surface area contributed by atoms with Crippen LogP contribution in [0.5, 0.6) is 0 Å². The second-order valence-corrected chi connectivity index (χ2v) is 6.07. The van der Waals surface area contributed by atoms with Gasteiger partial charge >= 0.3 is 0 Å². The van der Waals surface area contributed by atoms with Crippen LogP contribution in [-0.2, 0) is 0 Å². The molecule has 104 valence electrons. The van der Waals surface area contributed by atoms with Gasteiger partial charge in [-0.05, 0) is 45.3 Å². The number of amides is 1. The number of aromatic amines is 1. The molecular formula is C14H20ClN3O. The molecule has 1 aromatic rings. The Labute approximate surface area is 118 Å². The van der Waals surface area contributed by atoms with E-state index in [0.29, 0.717) is 22.8 Å². The lowest BCUT2D eigenvalue weighted by Crippen LogP contribution is -2.47. The number of carbonyl (C=O) groups excluding carboxylic acids is 1. The summed E-state index contributed by atoms with van der Waals surface area (Å²) in [6, 6.07) is 2.61. The van der Waals surface area contributed by atoms with Crippen LogP contribution in [0.4, 0.5) is 0 Å². The molecule has 1 aromatic heterocycles. The first kappa shape index (κ1) is 13.0. The normalized spacial score (nSPS) is 28.2. The molecule has 4 nitrogen and oxygen atoms in total. The van der Waals surface area contributed by atoms with E-state index in [1.54, 1.807) is 12.3 Å². The van der Waals surface area contributed by atoms with Crippen molar-refractivity contribution in [3.63, 3.8) is 0 Å². The highest BCUT2D eigenvalue weighted by atomic mass is 35.5. The third kappa shape index (κ3) is 2.39. The maximum atomic E-state index is 12.6. The lowest BCUT2D eigenvalue weighted by molar-refractivity contribution is 0.0659. The first-order chi connectivity index (χ1) is 9.16. The molecule has 19 heavy (non-hydrogen) atoms. The summed E-state index contributed by atoms with van der Waals surface area (Å²) in [5.74, 6) is 0.0923. The van der Waals surface area contributed by atoms with Gasteiger partial charge in [0.2, 0.25) is 0 Å². The van der Waals surface area contributed by atoms with E-state index in [0.717, 1.165) is 25.9 Å². The molecule has 5 heteroatoms. The van der Waals surface area contributed by atoms with Crippen LogP contribution in [0.3, 0.4) is 0 Å². The maximum Gasteiger partial charge on any atom is 0.270 e. The minimum atomic E-state index is 0.0923. The first-order valence-electron chi connectivity index (χ1n) is 7.02. The van der Waals surface area contributed by atoms with Crippen LogP contribution in [0.15, 0.2) is 12.3 Å². The van der Waals surface area contributed by atoms with Gasteiger partial charge < -0.3 is 14.8 Å². The Hall–Kier alpha value is -1.00. The fourth-order valence-corrected chi connectivity index (χ4v) is 3.68. The number of hydrogen-bond donors (Lipinski definition) is 1. The minimum Gasteiger partial charge on any atom is -0.356 e. The molecular weight excluding hydrogens is 262 g/mol. The molecule has 2 atom stereocenters. The van der Waals surface area contributed by atoms with Crippen molar-refractivity contribution in [2.75, 3.05) is 20.1 Å². The van der Waals surface area contributed by atoms with Crippen LogP contribution in [0, 0.1) is 0 Å². The Bertz CT molecular complexity index is 473. The van der Waals surface area contributed by atoms with Crippen LogP contribution in [-0.4, -0.2) is 52.9 Å². The van der Waals surface area contributed by atoms with E-state index in [9.17, 15) is 4.79 Å². The van der Waals surface area contributed by atoms with Crippen molar-refractivity contribution >= 4 is 17.5 Å². The number of hydrogen-bond acceptors (Lipinski definition) is 2. The number of likely N-dealkylation sites (tertiary alicyclic amines) is 2. The number of halogens is 1. The molecule has 1 amide bonds. The standard InChI is InChI=1S/C14H20ClN3O/c1-17-6-2-4-12(17)13-5-3-7-18(13)14(19)11-8-10(15)9-16-11/h8-9,12-13,16H,2-7H2,1H3/t12-,13-/m1/s1. The van der Waals surface area contributed by atoms with Crippen molar-refractivity contribution in [2.45, 2.75) is 37.8 Å². The third-order valence-electron chi connectivity index (χ3n) is 4.46. The molecule has 0 aliphatic carbocycles. The summed E-state index contributed by atoms with van der Waals surface area (Å²) in [4.78, 5) is 20.0. The van der Waals surface area contributed by atoms with E-state index in [1.165, 1.54) is 12.8 Å². The molecule has 0 spiro atoms. The Morgan fingerprint density at radius 1 is 1.32 bits per heavy atom. The van der Waals surface area contributed by atoms with Gasteiger partial charge in [-0.3, -0.25) is 4.79 Å². The fraction of sp³-hybridized carbons (Fsp3) is 0.643. The first-order valence-corrected chi connectivity index (χ1v) is 7.40. The summed E-state index contributed by atoms with van der Waals surface area (Å²) in [5.41, 5.74) is 0.609. The van der Waals surface area contributed by atoms with Gasteiger partial charge in [0, 0.05) is 24.8 Å². The van der Waals surface area contributed by atoms with Crippen LogP contribution < -0.4 is 0 Å². The number of nitrogens with zero attached hydrogens (tertiary/aromatic N) is 2. The molecule has 2 saturated heterocycles. The van der Waals surface area contributed by atoms with Crippen molar-refractivity contribution in [3.05, 3.63) is 23.0 Å². The van der Waals surface area contributed by atoms with Gasteiger partial charge in [0.25, 0.3) is 5.91 Å². The van der Waals surface area contributed by atoms with Crippen LogP contribution >= 0.6 is 11.6 Å². The second-order valence-electron chi connectivity index (χ2n) is 5.63. The lowest BCUT2D eigenvalue weighted by Gasteiger charge is -2.33. The molecule has 3 rings (SSSR count). The molecule has 0 saturated carbocycles. The van der Waals surface area contributed by atoms with E-state index < -0.39 is 0 Å². The predicted molar refractivity (Wildman–Crippen MR) is 75.5 cm³/mol. The lowest BCUT2D eigenvalue weighted by atomic mass is 10.0. The highest BCUT2D eigenvalue weighted by Gasteiger charge is 2.38. The summed E-state index contributed by atoms with van der Waals surface area (Å²) in [6.45, 7) is 2.02. The molecule has 0 unspecified atom stereocenters. The van der Waals surface area contributed by atoms with Crippen molar-refractivity contribution in [3.8, 4) is 0 Å². The molecule has 2 aliphatic heterocycles. The van der Waals surface area contributed by atoms with E-state index >= 15 is 0 Å². The average molecular weight is 282 g/mol. The van der Waals surface area contributed by atoms with Gasteiger partial charge in [0.15, 0.2) is 0 Å². The number of nitrogens with one attached hydrogen (secondary N) is 1. The van der Waals surface area contributed by atoms with Crippen LogP contribution in [0.1, 0.15) is 36.2 Å². The van der Waals surface area contributed by atoms with Gasteiger partial charge in [-0.25, -0.2) is 0 Å². The van der Waals surface area contributed by atoms with E-state index in [4.69, 9.17) is 11.6 Å². The third-order valence-corrected chi connectivity index (χ3v) is 4.68. The monoisotopic (exact) mass is 281 g/mol. The van der Waals surface area contributed by atoms with Crippen molar-refractivity contribution < 1.29 is 4.79 Å². The molecule has 0 aromatic carbocycles. The number of aromatic nitrogens is 1. The van der Waals surface area contributed by atoms with Gasteiger partial charge in [-0.15, -0.1) is 0 Å². The molecule has 0 bridgehead atoms. The largest absolute Gasteiger partial charge is 0.356 e. The Morgan fingerprint density at radius 2 is 2.05 bits per heavy atom. The zero-order valence-corrected chi connectivity index (χ0v) is 12.0. The summed E-state index contributed by atoms with van der Waals surface area (Å²) < 4.78 is 0. The van der Waals surface area contributed by atoms with Gasteiger partial charge in [-0.1, -0.05) is 11.6 Å². The van der Waals surface area contributed by atoms with Crippen LogP contribution in [0.2, 0.25) is 5.02 Å². The number of likely N-dealkylation sites (N-methyl/N-ethyl adjacent to an activating group) is 1. The van der Waals surface area contributed by atoms with E-state index in [-0.39, 0.29) is 5.91 Å². The highest BCUT2D eigenvalue weighted by molar-refractivity contribution is 6.30. The molecule has 2 fully saturated rings. The van der Waals surface area contributed by atoms with Crippen molar-refractivity contribution in [1.82, 2.24) is 14.8 Å². The van der Waals surface area contributed by atoms with Crippen molar-refractivity contribution in [1.29, 1.82) is 0 Å². The Kier molecular flexibility index (Phi) is 3.54. The summed E-state index contributed by atoms with van der Waals surface area (Å²) in [7, 11) is 2.17. The second kappa shape index (κ2) is 5.17. The quantitative estimate of drug-likeness (QED) is 0.904. The highest BCUT2D eigenvalue weighted by Crippen LogP contribution is 2.30. The summed E-state index contributed by atoms with van der Waals surface area (Å²) in [6.07, 6.45) is 6.34. The number of carbonyl (C=O) groups is 1. The SMILES string of the molecule is CN1CCC[C@@H]1[C@H]1CCCN1C(=O)c1cc(Cl)c[nH]1. The predicted octanol–water partition coefficient (Wildman–Crippen LogP) is 2.37. The Balaban J connectivity index is 1.77. The summed E-state index contributed by atoms with van der Waals surface area (Å²) in [5, 5.41) is 0.595. The topological polar surface area (TPSA) is 39.3 Å². The zero-order chi connectivity index (χ0) is 13.4. The number of H-pyrrole nitrogens is 1. The number of rotatable bonds is 2. The van der Waals surface area contributed by atoms with Gasteiger partial charge in [-0.2, -0.15) is 0 Å². The van der Waals surface area contributed by atoms with Crippen LogP contribution in [0.25, 0.3) is 0 Å².